The van der Waals surface area contributed by atoms with Gasteiger partial charge in [0.05, 0.1) is 6.61 Å². The SMILES string of the molecule is CCCNC(CCN(C)CCO)c1ccccc1Br. The van der Waals surface area contributed by atoms with E-state index < -0.39 is 0 Å². The van der Waals surface area contributed by atoms with Crippen LogP contribution in [0.1, 0.15) is 31.4 Å². The molecule has 1 rings (SSSR count). The smallest absolute Gasteiger partial charge is 0.0558 e. The molecule has 0 radical (unpaired) electrons. The molecule has 1 unspecified atom stereocenters. The van der Waals surface area contributed by atoms with Gasteiger partial charge in [-0.15, -0.1) is 0 Å². The lowest BCUT2D eigenvalue weighted by molar-refractivity contribution is 0.215. The molecule has 4 heteroatoms. The summed E-state index contributed by atoms with van der Waals surface area (Å²) in [4.78, 5) is 2.16. The molecule has 0 saturated heterocycles. The van der Waals surface area contributed by atoms with Gasteiger partial charge in [-0.25, -0.2) is 0 Å². The zero-order valence-corrected chi connectivity index (χ0v) is 13.5. The van der Waals surface area contributed by atoms with Gasteiger partial charge in [-0.05, 0) is 44.6 Å². The summed E-state index contributed by atoms with van der Waals surface area (Å²) in [5.41, 5.74) is 1.31. The van der Waals surface area contributed by atoms with E-state index in [2.05, 4.69) is 51.3 Å². The van der Waals surface area contributed by atoms with Gasteiger partial charge in [0.1, 0.15) is 0 Å². The molecule has 108 valence electrons. The lowest BCUT2D eigenvalue weighted by Crippen LogP contribution is -2.29. The molecular formula is C15H25BrN2O. The van der Waals surface area contributed by atoms with Crippen LogP contribution in [0.5, 0.6) is 0 Å². The minimum Gasteiger partial charge on any atom is -0.395 e. The van der Waals surface area contributed by atoms with Crippen LogP contribution in [-0.4, -0.2) is 43.3 Å². The third-order valence-electron chi connectivity index (χ3n) is 3.20. The average molecular weight is 329 g/mol. The van der Waals surface area contributed by atoms with Crippen LogP contribution >= 0.6 is 15.9 Å². The van der Waals surface area contributed by atoms with E-state index in [0.29, 0.717) is 6.04 Å². The van der Waals surface area contributed by atoms with E-state index >= 15 is 0 Å². The predicted octanol–water partition coefficient (Wildman–Crippen LogP) is 2.80. The molecule has 3 nitrogen and oxygen atoms in total. The summed E-state index contributed by atoms with van der Waals surface area (Å²) in [7, 11) is 2.05. The fourth-order valence-electron chi connectivity index (χ4n) is 2.08. The molecule has 0 amide bonds. The van der Waals surface area contributed by atoms with Gasteiger partial charge in [0, 0.05) is 17.1 Å². The Bertz CT molecular complexity index is 360. The lowest BCUT2D eigenvalue weighted by Gasteiger charge is -2.23. The molecule has 1 aromatic rings. The first-order chi connectivity index (χ1) is 9.19. The first kappa shape index (κ1) is 16.6. The zero-order valence-electron chi connectivity index (χ0n) is 11.9. The van der Waals surface area contributed by atoms with Crippen molar-refractivity contribution in [3.05, 3.63) is 34.3 Å². The minimum atomic E-state index is 0.221. The van der Waals surface area contributed by atoms with Crippen molar-refractivity contribution in [3.63, 3.8) is 0 Å². The average Bonchev–Trinajstić information content (AvgIpc) is 2.40. The van der Waals surface area contributed by atoms with Crippen molar-refractivity contribution in [1.82, 2.24) is 10.2 Å². The molecule has 0 aliphatic carbocycles. The maximum absolute atomic E-state index is 8.94. The van der Waals surface area contributed by atoms with Gasteiger partial charge in [-0.3, -0.25) is 0 Å². The van der Waals surface area contributed by atoms with Crippen molar-refractivity contribution in [1.29, 1.82) is 0 Å². The molecular weight excluding hydrogens is 304 g/mol. The number of hydrogen-bond acceptors (Lipinski definition) is 3. The van der Waals surface area contributed by atoms with Crippen LogP contribution in [-0.2, 0) is 0 Å². The Morgan fingerprint density at radius 1 is 1.32 bits per heavy atom. The Hall–Kier alpha value is -0.420. The Morgan fingerprint density at radius 3 is 2.68 bits per heavy atom. The van der Waals surface area contributed by atoms with Gasteiger partial charge in [0.2, 0.25) is 0 Å². The fourth-order valence-corrected chi connectivity index (χ4v) is 2.64. The standard InChI is InChI=1S/C15H25BrN2O/c1-3-9-17-15(8-10-18(2)11-12-19)13-6-4-5-7-14(13)16/h4-7,15,17,19H,3,8-12H2,1-2H3. The first-order valence-corrected chi connectivity index (χ1v) is 7.75. The largest absolute Gasteiger partial charge is 0.395 e. The van der Waals surface area contributed by atoms with E-state index in [1.807, 2.05) is 13.1 Å². The van der Waals surface area contributed by atoms with E-state index in [-0.39, 0.29) is 6.61 Å². The molecule has 19 heavy (non-hydrogen) atoms. The van der Waals surface area contributed by atoms with Gasteiger partial charge in [-0.1, -0.05) is 41.1 Å². The van der Waals surface area contributed by atoms with Crippen LogP contribution < -0.4 is 5.32 Å². The molecule has 0 heterocycles. The molecule has 1 aromatic carbocycles. The number of aliphatic hydroxyl groups excluding tert-OH is 1. The Kier molecular flexibility index (Phi) is 8.30. The lowest BCUT2D eigenvalue weighted by atomic mass is 10.0. The normalized spacial score (nSPS) is 12.9. The number of halogens is 1. The molecule has 0 aliphatic heterocycles. The fraction of sp³-hybridized carbons (Fsp3) is 0.600. The summed E-state index contributed by atoms with van der Waals surface area (Å²) < 4.78 is 1.16. The summed E-state index contributed by atoms with van der Waals surface area (Å²) in [6.45, 7) is 5.13. The number of hydrogen-bond donors (Lipinski definition) is 2. The Balaban J connectivity index is 2.64. The second kappa shape index (κ2) is 9.48. The van der Waals surface area contributed by atoms with Gasteiger partial charge in [0.25, 0.3) is 0 Å². The quantitative estimate of drug-likeness (QED) is 0.731. The monoisotopic (exact) mass is 328 g/mol. The number of benzene rings is 1. The molecule has 1 atom stereocenters. The van der Waals surface area contributed by atoms with Crippen LogP contribution in [0.3, 0.4) is 0 Å². The van der Waals surface area contributed by atoms with Gasteiger partial charge >= 0.3 is 0 Å². The summed E-state index contributed by atoms with van der Waals surface area (Å²) in [6.07, 6.45) is 2.17. The topological polar surface area (TPSA) is 35.5 Å². The van der Waals surface area contributed by atoms with E-state index in [4.69, 9.17) is 5.11 Å². The number of nitrogens with one attached hydrogen (secondary N) is 1. The number of nitrogens with zero attached hydrogens (tertiary/aromatic N) is 1. The molecule has 0 aromatic heterocycles. The minimum absolute atomic E-state index is 0.221. The maximum atomic E-state index is 8.94. The third-order valence-corrected chi connectivity index (χ3v) is 3.92. The van der Waals surface area contributed by atoms with Crippen molar-refractivity contribution < 1.29 is 5.11 Å². The number of rotatable bonds is 9. The van der Waals surface area contributed by atoms with E-state index in [0.717, 1.165) is 36.9 Å². The van der Waals surface area contributed by atoms with Gasteiger partial charge in [-0.2, -0.15) is 0 Å². The van der Waals surface area contributed by atoms with E-state index in [1.54, 1.807) is 0 Å². The Labute approximate surface area is 125 Å². The highest BCUT2D eigenvalue weighted by Gasteiger charge is 2.14. The molecule has 0 saturated carbocycles. The van der Waals surface area contributed by atoms with Crippen LogP contribution in [0.15, 0.2) is 28.7 Å². The number of aliphatic hydroxyl groups is 1. The zero-order chi connectivity index (χ0) is 14.1. The Morgan fingerprint density at radius 2 is 2.05 bits per heavy atom. The summed E-state index contributed by atoms with van der Waals surface area (Å²) in [6, 6.07) is 8.74. The summed E-state index contributed by atoms with van der Waals surface area (Å²) in [5.74, 6) is 0. The van der Waals surface area contributed by atoms with Crippen LogP contribution in [0.4, 0.5) is 0 Å². The molecule has 0 aliphatic rings. The van der Waals surface area contributed by atoms with Crippen molar-refractivity contribution in [2.75, 3.05) is 33.3 Å². The van der Waals surface area contributed by atoms with Crippen LogP contribution in [0, 0.1) is 0 Å². The predicted molar refractivity (Wildman–Crippen MR) is 84.4 cm³/mol. The highest BCUT2D eigenvalue weighted by atomic mass is 79.9. The first-order valence-electron chi connectivity index (χ1n) is 6.96. The highest BCUT2D eigenvalue weighted by molar-refractivity contribution is 9.10. The molecule has 0 spiro atoms. The number of likely N-dealkylation sites (N-methyl/N-ethyl adjacent to an activating group) is 1. The molecule has 0 bridgehead atoms. The second-order valence-electron chi connectivity index (χ2n) is 4.84. The maximum Gasteiger partial charge on any atom is 0.0558 e. The highest BCUT2D eigenvalue weighted by Crippen LogP contribution is 2.25. The van der Waals surface area contributed by atoms with Crippen molar-refractivity contribution in [2.45, 2.75) is 25.8 Å². The molecule has 0 fully saturated rings. The van der Waals surface area contributed by atoms with Crippen molar-refractivity contribution in [2.24, 2.45) is 0 Å². The van der Waals surface area contributed by atoms with Gasteiger partial charge < -0.3 is 15.3 Å². The second-order valence-corrected chi connectivity index (χ2v) is 5.70. The van der Waals surface area contributed by atoms with Crippen LogP contribution in [0.25, 0.3) is 0 Å². The summed E-state index contributed by atoms with van der Waals surface area (Å²) >= 11 is 3.63. The molecule has 2 N–H and O–H groups in total. The van der Waals surface area contributed by atoms with Crippen molar-refractivity contribution in [3.8, 4) is 0 Å². The third kappa shape index (κ3) is 6.04. The summed E-state index contributed by atoms with van der Waals surface area (Å²) in [5, 5.41) is 12.5. The van der Waals surface area contributed by atoms with Crippen LogP contribution in [0.2, 0.25) is 0 Å². The van der Waals surface area contributed by atoms with E-state index in [9.17, 15) is 0 Å². The van der Waals surface area contributed by atoms with Crippen molar-refractivity contribution >= 4 is 15.9 Å². The van der Waals surface area contributed by atoms with E-state index in [1.165, 1.54) is 5.56 Å². The van der Waals surface area contributed by atoms with Gasteiger partial charge in [0.15, 0.2) is 0 Å².